The molecule has 0 aliphatic heterocycles. The maximum atomic E-state index is 10.9. The third-order valence-electron chi connectivity index (χ3n) is 4.08. The molecule has 0 saturated carbocycles. The van der Waals surface area contributed by atoms with Crippen LogP contribution in [0.2, 0.25) is 0 Å². The fraction of sp³-hybridized carbons (Fsp3) is 0.667. The monoisotopic (exact) mass is 281 g/mol. The fourth-order valence-electron chi connectivity index (χ4n) is 3.22. The Hall–Kier alpha value is -1.65. The molecule has 20 heavy (non-hydrogen) atoms. The van der Waals surface area contributed by atoms with Crippen LogP contribution in [0, 0.1) is 21.4 Å². The molecule has 112 valence electrons. The molecule has 0 radical (unpaired) electrons. The summed E-state index contributed by atoms with van der Waals surface area (Å²) in [7, 11) is 0. The maximum Gasteiger partial charge on any atom is 0.303 e. The molecule has 0 spiro atoms. The largest absolute Gasteiger partial charge is 0.481 e. The van der Waals surface area contributed by atoms with E-state index < -0.39 is 5.97 Å². The summed E-state index contributed by atoms with van der Waals surface area (Å²) < 4.78 is 0. The van der Waals surface area contributed by atoms with E-state index in [0.29, 0.717) is 6.42 Å². The Labute approximate surface area is 119 Å². The number of allylic oxidation sites excluding steroid dienone is 4. The Balaban J connectivity index is 2.92. The summed E-state index contributed by atoms with van der Waals surface area (Å²) in [6.07, 6.45) is 4.01. The molecule has 0 heterocycles. The van der Waals surface area contributed by atoms with Gasteiger partial charge >= 0.3 is 5.97 Å². The minimum atomic E-state index is -0.758. The minimum Gasteiger partial charge on any atom is -0.481 e. The van der Waals surface area contributed by atoms with Gasteiger partial charge in [-0.3, -0.25) is 14.9 Å². The number of carboxylic acid groups (broad SMARTS) is 1. The molecule has 5 heteroatoms. The number of carboxylic acids is 1. The molecule has 0 aromatic heterocycles. The van der Waals surface area contributed by atoms with Crippen LogP contribution in [0.1, 0.15) is 53.4 Å². The molecular weight excluding hydrogens is 258 g/mol. The van der Waals surface area contributed by atoms with Gasteiger partial charge in [-0.2, -0.15) is 0 Å². The SMILES string of the molecule is CC(=CCC1=C(C)C[C@@H](CC(=O)O)CC1(C)C)[N+](=O)[O-]. The van der Waals surface area contributed by atoms with Crippen LogP contribution in [0.25, 0.3) is 0 Å². The van der Waals surface area contributed by atoms with Crippen molar-refractivity contribution in [2.45, 2.75) is 53.4 Å². The van der Waals surface area contributed by atoms with Gasteiger partial charge in [-0.05, 0) is 43.6 Å². The van der Waals surface area contributed by atoms with Crippen molar-refractivity contribution in [3.05, 3.63) is 33.0 Å². The van der Waals surface area contributed by atoms with Crippen molar-refractivity contribution in [2.24, 2.45) is 11.3 Å². The summed E-state index contributed by atoms with van der Waals surface area (Å²) in [5, 5.41) is 19.6. The first-order valence-corrected chi connectivity index (χ1v) is 6.85. The first-order valence-electron chi connectivity index (χ1n) is 6.85. The first kappa shape index (κ1) is 16.4. The van der Waals surface area contributed by atoms with Crippen molar-refractivity contribution in [1.29, 1.82) is 0 Å². The van der Waals surface area contributed by atoms with Gasteiger partial charge in [-0.15, -0.1) is 0 Å². The van der Waals surface area contributed by atoms with Crippen LogP contribution in [0.5, 0.6) is 0 Å². The number of nitrogens with zero attached hydrogens (tertiary/aromatic N) is 1. The third-order valence-corrected chi connectivity index (χ3v) is 4.08. The zero-order chi connectivity index (χ0) is 15.5. The smallest absolute Gasteiger partial charge is 0.303 e. The second-order valence-electron chi connectivity index (χ2n) is 6.32. The van der Waals surface area contributed by atoms with Crippen molar-refractivity contribution in [2.75, 3.05) is 0 Å². The average Bonchev–Trinajstić information content (AvgIpc) is 2.25. The molecular formula is C15H23NO4. The summed E-state index contributed by atoms with van der Waals surface area (Å²) in [6.45, 7) is 7.70. The van der Waals surface area contributed by atoms with Gasteiger partial charge < -0.3 is 5.11 Å². The van der Waals surface area contributed by atoms with Crippen molar-refractivity contribution in [3.63, 3.8) is 0 Å². The van der Waals surface area contributed by atoms with E-state index in [1.807, 2.05) is 6.92 Å². The van der Waals surface area contributed by atoms with Gasteiger partial charge in [0.05, 0.1) is 4.92 Å². The molecule has 1 N–H and O–H groups in total. The molecule has 0 bridgehead atoms. The van der Waals surface area contributed by atoms with E-state index in [0.717, 1.165) is 12.8 Å². The van der Waals surface area contributed by atoms with E-state index in [9.17, 15) is 14.9 Å². The normalized spacial score (nSPS) is 22.8. The van der Waals surface area contributed by atoms with Crippen LogP contribution >= 0.6 is 0 Å². The molecule has 0 aromatic rings. The maximum absolute atomic E-state index is 10.9. The van der Waals surface area contributed by atoms with Gasteiger partial charge in [0, 0.05) is 13.3 Å². The predicted octanol–water partition coefficient (Wildman–Crippen LogP) is 3.78. The van der Waals surface area contributed by atoms with E-state index in [4.69, 9.17) is 5.11 Å². The lowest BCUT2D eigenvalue weighted by Gasteiger charge is -2.38. The number of aliphatic carboxylic acids is 1. The zero-order valence-corrected chi connectivity index (χ0v) is 12.6. The Morgan fingerprint density at radius 3 is 2.60 bits per heavy atom. The van der Waals surface area contributed by atoms with Crippen molar-refractivity contribution < 1.29 is 14.8 Å². The fourth-order valence-corrected chi connectivity index (χ4v) is 3.22. The number of nitro groups is 1. The second kappa shape index (κ2) is 6.20. The van der Waals surface area contributed by atoms with E-state index in [-0.39, 0.29) is 28.4 Å². The van der Waals surface area contributed by atoms with Crippen LogP contribution < -0.4 is 0 Å². The first-order chi connectivity index (χ1) is 9.13. The summed E-state index contributed by atoms with van der Waals surface area (Å²) in [6, 6.07) is 0. The van der Waals surface area contributed by atoms with Crippen LogP contribution in [0.15, 0.2) is 22.9 Å². The lowest BCUT2D eigenvalue weighted by atomic mass is 9.67. The standard InChI is InChI=1S/C15H23NO4/c1-10-7-12(8-14(17)18)9-15(3,4)13(10)6-5-11(2)16(19)20/h5,12H,6-9H2,1-4H3,(H,17,18)/t12-/m0/s1. The highest BCUT2D eigenvalue weighted by Gasteiger charge is 2.33. The lowest BCUT2D eigenvalue weighted by Crippen LogP contribution is -2.27. The molecule has 1 aliphatic rings. The van der Waals surface area contributed by atoms with E-state index >= 15 is 0 Å². The molecule has 1 rings (SSSR count). The summed E-state index contributed by atoms with van der Waals surface area (Å²) >= 11 is 0. The highest BCUT2D eigenvalue weighted by molar-refractivity contribution is 5.67. The zero-order valence-electron chi connectivity index (χ0n) is 12.6. The van der Waals surface area contributed by atoms with E-state index in [2.05, 4.69) is 13.8 Å². The highest BCUT2D eigenvalue weighted by Crippen LogP contribution is 2.45. The van der Waals surface area contributed by atoms with Gasteiger partial charge in [0.25, 0.3) is 0 Å². The van der Waals surface area contributed by atoms with Crippen LogP contribution in [0.4, 0.5) is 0 Å². The average molecular weight is 281 g/mol. The summed E-state index contributed by atoms with van der Waals surface area (Å²) in [4.78, 5) is 21.1. The van der Waals surface area contributed by atoms with Crippen molar-refractivity contribution >= 4 is 5.97 Å². The summed E-state index contributed by atoms with van der Waals surface area (Å²) in [5.74, 6) is -0.599. The van der Waals surface area contributed by atoms with Gasteiger partial charge in [0.15, 0.2) is 0 Å². The molecule has 1 aliphatic carbocycles. The molecule has 0 aromatic carbocycles. The predicted molar refractivity (Wildman–Crippen MR) is 76.8 cm³/mol. The van der Waals surface area contributed by atoms with Gasteiger partial charge in [0.1, 0.15) is 0 Å². The molecule has 0 amide bonds. The molecule has 1 atom stereocenters. The summed E-state index contributed by atoms with van der Waals surface area (Å²) in [5.41, 5.74) is 2.45. The minimum absolute atomic E-state index is 0.101. The van der Waals surface area contributed by atoms with Crippen LogP contribution in [-0.4, -0.2) is 16.0 Å². The number of hydrogen-bond acceptors (Lipinski definition) is 3. The Kier molecular flexibility index (Phi) is 5.09. The third kappa shape index (κ3) is 4.18. The van der Waals surface area contributed by atoms with Crippen LogP contribution in [-0.2, 0) is 4.79 Å². The van der Waals surface area contributed by atoms with E-state index in [1.165, 1.54) is 18.1 Å². The quantitative estimate of drug-likeness (QED) is 0.472. The van der Waals surface area contributed by atoms with Gasteiger partial charge in [0.2, 0.25) is 5.70 Å². The van der Waals surface area contributed by atoms with Crippen molar-refractivity contribution in [3.8, 4) is 0 Å². The van der Waals surface area contributed by atoms with Crippen LogP contribution in [0.3, 0.4) is 0 Å². The number of carbonyl (C=O) groups is 1. The number of hydrogen-bond donors (Lipinski definition) is 1. The van der Waals surface area contributed by atoms with E-state index in [1.54, 1.807) is 6.08 Å². The Morgan fingerprint density at radius 1 is 1.55 bits per heavy atom. The second-order valence-corrected chi connectivity index (χ2v) is 6.32. The molecule has 0 fully saturated rings. The van der Waals surface area contributed by atoms with Gasteiger partial charge in [-0.25, -0.2) is 0 Å². The molecule has 0 unspecified atom stereocenters. The van der Waals surface area contributed by atoms with Crippen molar-refractivity contribution in [1.82, 2.24) is 0 Å². The Morgan fingerprint density at radius 2 is 2.15 bits per heavy atom. The number of rotatable bonds is 5. The molecule has 5 nitrogen and oxygen atoms in total. The lowest BCUT2D eigenvalue weighted by molar-refractivity contribution is -0.424. The highest BCUT2D eigenvalue weighted by atomic mass is 16.6. The van der Waals surface area contributed by atoms with Gasteiger partial charge in [-0.1, -0.05) is 25.0 Å². The topological polar surface area (TPSA) is 80.4 Å². The molecule has 0 saturated heterocycles. The Bertz CT molecular complexity index is 474.